The molecule has 1 atom stereocenters. The monoisotopic (exact) mass is 465 g/mol. The molecule has 5 nitrogen and oxygen atoms in total. The molecular weight excluding hydrogens is 439 g/mol. The quantitative estimate of drug-likeness (QED) is 0.539. The molecule has 1 fully saturated rings. The van der Waals surface area contributed by atoms with Crippen molar-refractivity contribution in [1.29, 1.82) is 0 Å². The Kier molecular flexibility index (Phi) is 8.58. The lowest BCUT2D eigenvalue weighted by atomic mass is 10.1. The van der Waals surface area contributed by atoms with Crippen molar-refractivity contribution < 1.29 is 22.7 Å². The van der Waals surface area contributed by atoms with Gasteiger partial charge in [0.25, 0.3) is 0 Å². The van der Waals surface area contributed by atoms with E-state index >= 15 is 0 Å². The zero-order chi connectivity index (χ0) is 23.0. The van der Waals surface area contributed by atoms with Crippen molar-refractivity contribution >= 4 is 22.8 Å². The SMILES string of the molecule is CNCCCN1/C(=N/C(=O)CCc2ccccc2)SCC1c1ccc(OC(F)(F)F)cc1. The minimum absolute atomic E-state index is 0.0718. The van der Waals surface area contributed by atoms with E-state index in [2.05, 4.69) is 19.9 Å². The number of alkyl halides is 3. The van der Waals surface area contributed by atoms with Gasteiger partial charge in [0, 0.05) is 18.7 Å². The van der Waals surface area contributed by atoms with E-state index in [1.54, 1.807) is 12.1 Å². The van der Waals surface area contributed by atoms with Crippen LogP contribution < -0.4 is 10.1 Å². The summed E-state index contributed by atoms with van der Waals surface area (Å²) in [5, 5.41) is 3.77. The molecule has 1 N–H and O–H groups in total. The lowest BCUT2D eigenvalue weighted by Crippen LogP contribution is -2.31. The fraction of sp³-hybridized carbons (Fsp3) is 0.391. The molecule has 172 valence electrons. The molecule has 2 aromatic rings. The fourth-order valence-electron chi connectivity index (χ4n) is 3.46. The molecule has 32 heavy (non-hydrogen) atoms. The zero-order valence-electron chi connectivity index (χ0n) is 17.8. The highest BCUT2D eigenvalue weighted by atomic mass is 32.2. The van der Waals surface area contributed by atoms with Crippen molar-refractivity contribution in [1.82, 2.24) is 10.2 Å². The molecule has 1 aliphatic heterocycles. The number of amides is 1. The molecule has 0 radical (unpaired) electrons. The van der Waals surface area contributed by atoms with Gasteiger partial charge in [0.2, 0.25) is 5.91 Å². The summed E-state index contributed by atoms with van der Waals surface area (Å²) in [5.41, 5.74) is 1.95. The number of nitrogens with one attached hydrogen (secondary N) is 1. The smallest absolute Gasteiger partial charge is 0.406 e. The van der Waals surface area contributed by atoms with Crippen LogP contribution in [0.4, 0.5) is 13.2 Å². The maximum absolute atomic E-state index is 12.5. The maximum Gasteiger partial charge on any atom is 0.573 e. The minimum atomic E-state index is -4.72. The van der Waals surface area contributed by atoms with Crippen LogP contribution in [-0.4, -0.2) is 48.2 Å². The number of thioether (sulfide) groups is 1. The van der Waals surface area contributed by atoms with Gasteiger partial charge in [-0.15, -0.1) is 13.2 Å². The summed E-state index contributed by atoms with van der Waals surface area (Å²) in [5.74, 6) is 0.243. The Morgan fingerprint density at radius 1 is 1.19 bits per heavy atom. The summed E-state index contributed by atoms with van der Waals surface area (Å²) in [7, 11) is 1.87. The standard InChI is InChI=1S/C23H26F3N3O2S/c1-27-14-5-15-29-20(18-9-11-19(12-10-18)31-23(24,25)26)16-32-22(29)28-21(30)13-8-17-6-3-2-4-7-17/h2-4,6-7,9-12,20,27H,5,8,13-16H2,1H3/b28-22-. The van der Waals surface area contributed by atoms with Gasteiger partial charge in [-0.1, -0.05) is 54.2 Å². The molecule has 2 aromatic carbocycles. The lowest BCUT2D eigenvalue weighted by Gasteiger charge is -2.26. The van der Waals surface area contributed by atoms with Crippen LogP contribution in [0.25, 0.3) is 0 Å². The molecule has 9 heteroatoms. The number of aliphatic imine (C=N–C) groups is 1. The average Bonchev–Trinajstić information content (AvgIpc) is 3.15. The molecule has 0 spiro atoms. The molecule has 0 bridgehead atoms. The van der Waals surface area contributed by atoms with E-state index in [0.29, 0.717) is 30.3 Å². The highest BCUT2D eigenvalue weighted by molar-refractivity contribution is 8.14. The minimum Gasteiger partial charge on any atom is -0.406 e. The van der Waals surface area contributed by atoms with Gasteiger partial charge < -0.3 is 15.0 Å². The van der Waals surface area contributed by atoms with E-state index in [4.69, 9.17) is 0 Å². The number of hydrogen-bond acceptors (Lipinski definition) is 4. The first-order valence-electron chi connectivity index (χ1n) is 10.4. The van der Waals surface area contributed by atoms with Gasteiger partial charge in [-0.3, -0.25) is 4.79 Å². The van der Waals surface area contributed by atoms with E-state index < -0.39 is 6.36 Å². The van der Waals surface area contributed by atoms with Crippen molar-refractivity contribution in [2.45, 2.75) is 31.7 Å². The number of amidine groups is 1. The lowest BCUT2D eigenvalue weighted by molar-refractivity contribution is -0.274. The third-order valence-corrected chi connectivity index (χ3v) is 6.07. The first-order valence-corrected chi connectivity index (χ1v) is 11.4. The zero-order valence-corrected chi connectivity index (χ0v) is 18.6. The summed E-state index contributed by atoms with van der Waals surface area (Å²) in [6.45, 7) is 1.49. The van der Waals surface area contributed by atoms with E-state index in [9.17, 15) is 18.0 Å². The van der Waals surface area contributed by atoms with Crippen molar-refractivity contribution in [2.24, 2.45) is 4.99 Å². The van der Waals surface area contributed by atoms with Gasteiger partial charge in [-0.05, 0) is 49.7 Å². The molecule has 1 amide bonds. The van der Waals surface area contributed by atoms with Gasteiger partial charge in [-0.2, -0.15) is 4.99 Å². The second-order valence-corrected chi connectivity index (χ2v) is 8.36. The van der Waals surface area contributed by atoms with E-state index in [-0.39, 0.29) is 17.7 Å². The highest BCUT2D eigenvalue weighted by Gasteiger charge is 2.33. The second kappa shape index (κ2) is 11.4. The van der Waals surface area contributed by atoms with Crippen LogP contribution >= 0.6 is 11.8 Å². The Balaban J connectivity index is 1.70. The summed E-state index contributed by atoms with van der Waals surface area (Å²) in [4.78, 5) is 18.9. The number of nitrogens with zero attached hydrogens (tertiary/aromatic N) is 2. The van der Waals surface area contributed by atoms with Crippen LogP contribution in [0, 0.1) is 0 Å². The Morgan fingerprint density at radius 2 is 1.91 bits per heavy atom. The molecule has 1 unspecified atom stereocenters. The Morgan fingerprint density at radius 3 is 2.56 bits per heavy atom. The van der Waals surface area contributed by atoms with E-state index in [1.165, 1.54) is 23.9 Å². The van der Waals surface area contributed by atoms with Crippen LogP contribution in [0.3, 0.4) is 0 Å². The highest BCUT2D eigenvalue weighted by Crippen LogP contribution is 2.36. The van der Waals surface area contributed by atoms with E-state index in [1.807, 2.05) is 37.4 Å². The Labute approximate surface area is 190 Å². The predicted octanol–water partition coefficient (Wildman–Crippen LogP) is 4.80. The molecule has 1 heterocycles. The Hall–Kier alpha value is -2.52. The van der Waals surface area contributed by atoms with Crippen molar-refractivity contribution in [3.63, 3.8) is 0 Å². The summed E-state index contributed by atoms with van der Waals surface area (Å²) < 4.78 is 41.3. The van der Waals surface area contributed by atoms with Gasteiger partial charge in [-0.25, -0.2) is 0 Å². The molecule has 1 saturated heterocycles. The normalized spacial score (nSPS) is 17.7. The van der Waals surface area contributed by atoms with Gasteiger partial charge in [0.1, 0.15) is 5.75 Å². The molecule has 0 saturated carbocycles. The first kappa shape index (κ1) is 24.1. The third-order valence-electron chi connectivity index (χ3n) is 5.01. The number of hydrogen-bond donors (Lipinski definition) is 1. The average molecular weight is 466 g/mol. The number of aryl methyl sites for hydroxylation is 1. The van der Waals surface area contributed by atoms with Crippen molar-refractivity contribution in [3.05, 3.63) is 65.7 Å². The summed E-state index contributed by atoms with van der Waals surface area (Å²) in [6, 6.07) is 15.6. The number of rotatable bonds is 9. The van der Waals surface area contributed by atoms with Gasteiger partial charge in [0.15, 0.2) is 5.17 Å². The first-order chi connectivity index (χ1) is 15.4. The summed E-state index contributed by atoms with van der Waals surface area (Å²) >= 11 is 1.50. The van der Waals surface area contributed by atoms with Crippen LogP contribution in [0.5, 0.6) is 5.75 Å². The molecular formula is C23H26F3N3O2S. The molecule has 0 aliphatic carbocycles. The predicted molar refractivity (Wildman–Crippen MR) is 121 cm³/mol. The van der Waals surface area contributed by atoms with Crippen LogP contribution in [0.1, 0.15) is 30.0 Å². The molecule has 3 rings (SSSR count). The van der Waals surface area contributed by atoms with Crippen LogP contribution in [0.15, 0.2) is 59.6 Å². The van der Waals surface area contributed by atoms with Gasteiger partial charge in [0.05, 0.1) is 6.04 Å². The molecule has 1 aliphatic rings. The van der Waals surface area contributed by atoms with Crippen molar-refractivity contribution in [2.75, 3.05) is 25.9 Å². The third kappa shape index (κ3) is 7.27. The number of ether oxygens (including phenoxy) is 1. The number of carbonyl (C=O) groups excluding carboxylic acids is 1. The molecule has 0 aromatic heterocycles. The largest absolute Gasteiger partial charge is 0.573 e. The Bertz CT molecular complexity index is 905. The maximum atomic E-state index is 12.5. The van der Waals surface area contributed by atoms with E-state index in [0.717, 1.165) is 24.1 Å². The van der Waals surface area contributed by atoms with Crippen LogP contribution in [0.2, 0.25) is 0 Å². The number of benzene rings is 2. The topological polar surface area (TPSA) is 53.9 Å². The second-order valence-electron chi connectivity index (χ2n) is 7.37. The van der Waals surface area contributed by atoms with Crippen molar-refractivity contribution in [3.8, 4) is 5.75 Å². The number of halogens is 3. The van der Waals surface area contributed by atoms with Gasteiger partial charge >= 0.3 is 6.36 Å². The fourth-order valence-corrected chi connectivity index (χ4v) is 4.69. The summed E-state index contributed by atoms with van der Waals surface area (Å²) in [6.07, 6.45) is -2.92. The number of carbonyl (C=O) groups is 1. The van der Waals surface area contributed by atoms with Crippen LogP contribution in [-0.2, 0) is 11.2 Å².